The van der Waals surface area contributed by atoms with Gasteiger partial charge < -0.3 is 16.0 Å². The molecule has 2 aromatic carbocycles. The molecule has 3 amide bonds. The second kappa shape index (κ2) is 15.5. The molecule has 5 heterocycles. The van der Waals surface area contributed by atoms with E-state index >= 15 is 0 Å². The molecule has 0 saturated carbocycles. The SMILES string of the molecule is CC1(CNC(=O)c2ccc3cncc(-c4ccc(Cl)cc4)c3n2)CCC(=O)N1.O=C(NCC(F)(F)F)c1ccc2cncc(-c3ccc(Cl)cc3)c2n1. The molecule has 7 rings (SSSR count). The monoisotopic (exact) mass is 759 g/mol. The number of carbonyl (C=O) groups is 3. The highest BCUT2D eigenvalue weighted by Crippen LogP contribution is 2.29. The van der Waals surface area contributed by atoms with Crippen molar-refractivity contribution in [2.75, 3.05) is 13.1 Å². The molecule has 1 atom stereocenters. The summed E-state index contributed by atoms with van der Waals surface area (Å²) in [5, 5.41) is 10.3. The van der Waals surface area contributed by atoms with Gasteiger partial charge in [0.05, 0.1) is 16.6 Å². The molecule has 10 nitrogen and oxygen atoms in total. The van der Waals surface area contributed by atoms with Crippen LogP contribution in [0.5, 0.6) is 0 Å². The van der Waals surface area contributed by atoms with Crippen LogP contribution < -0.4 is 16.0 Å². The molecule has 4 aromatic heterocycles. The smallest absolute Gasteiger partial charge is 0.349 e. The number of amides is 3. The van der Waals surface area contributed by atoms with Gasteiger partial charge in [0.25, 0.3) is 11.8 Å². The molecule has 1 saturated heterocycles. The van der Waals surface area contributed by atoms with Gasteiger partial charge in [-0.2, -0.15) is 13.2 Å². The summed E-state index contributed by atoms with van der Waals surface area (Å²) in [6.07, 6.45) is 3.30. The Hall–Kier alpha value is -5.66. The molecule has 0 aliphatic carbocycles. The first-order valence-electron chi connectivity index (χ1n) is 16.2. The Morgan fingerprint density at radius 1 is 0.736 bits per heavy atom. The topological polar surface area (TPSA) is 139 Å². The number of hydrogen-bond acceptors (Lipinski definition) is 7. The van der Waals surface area contributed by atoms with E-state index in [2.05, 4.69) is 30.6 Å². The molecule has 1 aliphatic heterocycles. The Morgan fingerprint density at radius 3 is 1.64 bits per heavy atom. The molecule has 1 fully saturated rings. The highest BCUT2D eigenvalue weighted by atomic mass is 35.5. The van der Waals surface area contributed by atoms with Crippen LogP contribution in [-0.2, 0) is 4.79 Å². The summed E-state index contributed by atoms with van der Waals surface area (Å²) in [5.41, 5.74) is 4.17. The van der Waals surface area contributed by atoms with Crippen molar-refractivity contribution in [2.45, 2.75) is 31.5 Å². The first-order chi connectivity index (χ1) is 25.3. The van der Waals surface area contributed by atoms with Crippen LogP contribution in [-0.4, -0.2) is 62.5 Å². The van der Waals surface area contributed by atoms with Crippen molar-refractivity contribution in [2.24, 2.45) is 0 Å². The van der Waals surface area contributed by atoms with Gasteiger partial charge in [-0.1, -0.05) is 47.5 Å². The lowest BCUT2D eigenvalue weighted by molar-refractivity contribution is -0.123. The highest BCUT2D eigenvalue weighted by Gasteiger charge is 2.33. The van der Waals surface area contributed by atoms with Gasteiger partial charge in [0.15, 0.2) is 0 Å². The van der Waals surface area contributed by atoms with Gasteiger partial charge in [0.1, 0.15) is 17.9 Å². The maximum Gasteiger partial charge on any atom is 0.405 e. The number of nitrogens with zero attached hydrogens (tertiary/aromatic N) is 4. The van der Waals surface area contributed by atoms with Gasteiger partial charge in [-0.3, -0.25) is 24.4 Å². The predicted octanol–water partition coefficient (Wildman–Crippen LogP) is 7.59. The summed E-state index contributed by atoms with van der Waals surface area (Å²) in [6, 6.07) is 20.8. The fourth-order valence-electron chi connectivity index (χ4n) is 5.64. The number of fused-ring (bicyclic) bond motifs is 2. The van der Waals surface area contributed by atoms with Crippen LogP contribution in [0.1, 0.15) is 40.7 Å². The van der Waals surface area contributed by atoms with E-state index in [1.807, 2.05) is 42.6 Å². The van der Waals surface area contributed by atoms with Gasteiger partial charge in [-0.05, 0) is 73.0 Å². The van der Waals surface area contributed by atoms with Crippen LogP contribution in [0.2, 0.25) is 10.0 Å². The third kappa shape index (κ3) is 9.23. The van der Waals surface area contributed by atoms with Crippen molar-refractivity contribution >= 4 is 62.7 Å². The maximum absolute atomic E-state index is 12.6. The van der Waals surface area contributed by atoms with Crippen molar-refractivity contribution < 1.29 is 27.6 Å². The predicted molar refractivity (Wildman–Crippen MR) is 196 cm³/mol. The third-order valence-electron chi connectivity index (χ3n) is 8.41. The zero-order valence-corrected chi connectivity index (χ0v) is 29.5. The number of halogens is 5. The Labute approximate surface area is 311 Å². The fraction of sp³-hybridized carbons (Fsp3) is 0.184. The van der Waals surface area contributed by atoms with Crippen LogP contribution in [0.4, 0.5) is 13.2 Å². The number of carbonyl (C=O) groups excluding carboxylic acids is 3. The number of aromatic nitrogens is 4. The Balaban J connectivity index is 0.000000183. The van der Waals surface area contributed by atoms with Crippen LogP contribution in [0.3, 0.4) is 0 Å². The van der Waals surface area contributed by atoms with Gasteiger partial charge in [0, 0.05) is 69.7 Å². The van der Waals surface area contributed by atoms with E-state index in [-0.39, 0.29) is 17.5 Å². The summed E-state index contributed by atoms with van der Waals surface area (Å²) >= 11 is 11.9. The fourth-order valence-corrected chi connectivity index (χ4v) is 5.89. The summed E-state index contributed by atoms with van der Waals surface area (Å²) in [7, 11) is 0. The van der Waals surface area contributed by atoms with Crippen LogP contribution in [0.25, 0.3) is 44.1 Å². The maximum atomic E-state index is 12.6. The summed E-state index contributed by atoms with van der Waals surface area (Å²) in [4.78, 5) is 53.2. The molecular weight excluding hydrogens is 730 g/mol. The average Bonchev–Trinajstić information content (AvgIpc) is 3.50. The largest absolute Gasteiger partial charge is 0.405 e. The molecular formula is C38H30Cl2F3N7O3. The molecule has 3 N–H and O–H groups in total. The minimum atomic E-state index is -4.48. The third-order valence-corrected chi connectivity index (χ3v) is 8.91. The van der Waals surface area contributed by atoms with E-state index in [1.54, 1.807) is 61.2 Å². The lowest BCUT2D eigenvalue weighted by atomic mass is 10.0. The van der Waals surface area contributed by atoms with Gasteiger partial charge in [-0.15, -0.1) is 0 Å². The van der Waals surface area contributed by atoms with E-state index in [0.717, 1.165) is 22.1 Å². The Morgan fingerprint density at radius 2 is 1.21 bits per heavy atom. The van der Waals surface area contributed by atoms with Crippen molar-refractivity contribution in [3.05, 3.63) is 119 Å². The molecule has 15 heteroatoms. The van der Waals surface area contributed by atoms with E-state index in [0.29, 0.717) is 57.1 Å². The van der Waals surface area contributed by atoms with E-state index in [9.17, 15) is 27.6 Å². The number of pyridine rings is 4. The van der Waals surface area contributed by atoms with E-state index in [4.69, 9.17) is 23.2 Å². The highest BCUT2D eigenvalue weighted by molar-refractivity contribution is 6.31. The summed E-state index contributed by atoms with van der Waals surface area (Å²) in [5.74, 6) is -1.15. The normalized spacial score (nSPS) is 15.4. The van der Waals surface area contributed by atoms with Crippen molar-refractivity contribution in [1.82, 2.24) is 35.9 Å². The second-order valence-corrected chi connectivity index (χ2v) is 13.4. The van der Waals surface area contributed by atoms with Gasteiger partial charge in [-0.25, -0.2) is 9.97 Å². The zero-order valence-electron chi connectivity index (χ0n) is 28.0. The molecule has 0 radical (unpaired) electrons. The lowest BCUT2D eigenvalue weighted by Gasteiger charge is -2.24. The molecule has 6 aromatic rings. The lowest BCUT2D eigenvalue weighted by Crippen LogP contribution is -2.48. The van der Waals surface area contributed by atoms with Crippen molar-refractivity contribution in [3.63, 3.8) is 0 Å². The number of nitrogens with one attached hydrogen (secondary N) is 3. The van der Waals surface area contributed by atoms with Crippen molar-refractivity contribution in [3.8, 4) is 22.3 Å². The van der Waals surface area contributed by atoms with Gasteiger partial charge in [0.2, 0.25) is 5.91 Å². The Bertz CT molecular complexity index is 2320. The van der Waals surface area contributed by atoms with E-state index in [1.165, 1.54) is 6.07 Å². The molecule has 53 heavy (non-hydrogen) atoms. The summed E-state index contributed by atoms with van der Waals surface area (Å²) < 4.78 is 36.7. The number of rotatable bonds is 7. The quantitative estimate of drug-likeness (QED) is 0.152. The first kappa shape index (κ1) is 37.1. The standard InChI is InChI=1S/C21H19ClN4O2.C17H11ClF3N3O/c1-21(9-8-18(27)26-21)12-24-20(28)17-7-4-14-10-23-11-16(19(14)25-17)13-2-5-15(22)6-3-13;18-12-4-1-10(2-5-12)13-8-22-7-11-3-6-14(24-15(11)13)16(25)23-9-17(19,20)21/h2-7,10-11H,8-9,12H2,1H3,(H,24,28)(H,26,27);1-8H,9H2,(H,23,25). The Kier molecular flexibility index (Phi) is 10.9. The molecule has 270 valence electrons. The number of benzene rings is 2. The van der Waals surface area contributed by atoms with Crippen LogP contribution >= 0.6 is 23.2 Å². The van der Waals surface area contributed by atoms with Gasteiger partial charge >= 0.3 is 6.18 Å². The molecule has 0 bridgehead atoms. The molecule has 1 unspecified atom stereocenters. The van der Waals surface area contributed by atoms with Crippen molar-refractivity contribution in [1.29, 1.82) is 0 Å². The molecule has 1 aliphatic rings. The molecule has 0 spiro atoms. The second-order valence-electron chi connectivity index (χ2n) is 12.5. The number of hydrogen-bond donors (Lipinski definition) is 3. The minimum absolute atomic E-state index is 0.0145. The average molecular weight is 761 g/mol. The zero-order chi connectivity index (χ0) is 37.8. The minimum Gasteiger partial charge on any atom is -0.349 e. The van der Waals surface area contributed by atoms with Crippen LogP contribution in [0, 0.1) is 0 Å². The number of alkyl halides is 3. The van der Waals surface area contributed by atoms with Crippen LogP contribution in [0.15, 0.2) is 97.6 Å². The van der Waals surface area contributed by atoms with E-state index < -0.39 is 24.2 Å². The first-order valence-corrected chi connectivity index (χ1v) is 17.0. The summed E-state index contributed by atoms with van der Waals surface area (Å²) in [6.45, 7) is 0.875.